The van der Waals surface area contributed by atoms with E-state index in [0.29, 0.717) is 0 Å². The first-order chi connectivity index (χ1) is 7.22. The van der Waals surface area contributed by atoms with Crippen molar-refractivity contribution in [2.45, 2.75) is 71.0 Å². The highest BCUT2D eigenvalue weighted by atomic mass is 15.2. The van der Waals surface area contributed by atoms with Crippen LogP contribution >= 0.6 is 0 Å². The maximum absolute atomic E-state index is 3.44. The van der Waals surface area contributed by atoms with Gasteiger partial charge in [0.1, 0.15) is 0 Å². The summed E-state index contributed by atoms with van der Waals surface area (Å²) in [6.07, 6.45) is 6.77. The van der Waals surface area contributed by atoms with Crippen molar-refractivity contribution in [3.8, 4) is 0 Å². The zero-order valence-electron chi connectivity index (χ0n) is 10.9. The Kier molecular flexibility index (Phi) is 5.62. The van der Waals surface area contributed by atoms with Gasteiger partial charge in [0, 0.05) is 18.1 Å². The second-order valence-electron chi connectivity index (χ2n) is 4.89. The molecule has 1 aliphatic carbocycles. The average molecular weight is 212 g/mol. The van der Waals surface area contributed by atoms with Gasteiger partial charge in [-0.1, -0.05) is 20.3 Å². The number of rotatable bonds is 5. The third kappa shape index (κ3) is 3.46. The van der Waals surface area contributed by atoms with Crippen molar-refractivity contribution < 1.29 is 0 Å². The molecule has 3 unspecified atom stereocenters. The lowest BCUT2D eigenvalue weighted by atomic mass is 9.89. The van der Waals surface area contributed by atoms with Crippen LogP contribution in [0.4, 0.5) is 0 Å². The van der Waals surface area contributed by atoms with Crippen LogP contribution in [0, 0.1) is 0 Å². The molecule has 15 heavy (non-hydrogen) atoms. The summed E-state index contributed by atoms with van der Waals surface area (Å²) >= 11 is 0. The van der Waals surface area contributed by atoms with Crippen molar-refractivity contribution in [3.05, 3.63) is 0 Å². The molecular formula is C13H28N2. The Morgan fingerprint density at radius 2 is 2.07 bits per heavy atom. The van der Waals surface area contributed by atoms with Gasteiger partial charge in [-0.2, -0.15) is 0 Å². The average Bonchev–Trinajstić information content (AvgIpc) is 2.30. The lowest BCUT2D eigenvalue weighted by Gasteiger charge is -2.40. The van der Waals surface area contributed by atoms with Crippen LogP contribution in [-0.2, 0) is 0 Å². The van der Waals surface area contributed by atoms with Gasteiger partial charge in [-0.25, -0.2) is 0 Å². The van der Waals surface area contributed by atoms with Crippen molar-refractivity contribution in [2.75, 3.05) is 13.6 Å². The van der Waals surface area contributed by atoms with Gasteiger partial charge in [-0.05, 0) is 46.2 Å². The summed E-state index contributed by atoms with van der Waals surface area (Å²) in [5, 5.41) is 3.44. The van der Waals surface area contributed by atoms with Crippen LogP contribution in [0.25, 0.3) is 0 Å². The van der Waals surface area contributed by atoms with E-state index in [0.717, 1.165) is 18.1 Å². The maximum atomic E-state index is 3.44. The summed E-state index contributed by atoms with van der Waals surface area (Å²) in [6, 6.07) is 2.31. The second-order valence-corrected chi connectivity index (χ2v) is 4.89. The van der Waals surface area contributed by atoms with Crippen molar-refractivity contribution in [3.63, 3.8) is 0 Å². The molecule has 0 amide bonds. The van der Waals surface area contributed by atoms with E-state index in [9.17, 15) is 0 Å². The first-order valence-corrected chi connectivity index (χ1v) is 6.65. The Labute approximate surface area is 95.4 Å². The molecule has 0 heterocycles. The van der Waals surface area contributed by atoms with E-state index in [4.69, 9.17) is 0 Å². The second kappa shape index (κ2) is 6.49. The van der Waals surface area contributed by atoms with Crippen LogP contribution < -0.4 is 5.32 Å². The summed E-state index contributed by atoms with van der Waals surface area (Å²) < 4.78 is 0. The van der Waals surface area contributed by atoms with Crippen LogP contribution in [0.1, 0.15) is 52.9 Å². The van der Waals surface area contributed by atoms with Crippen LogP contribution in [0.5, 0.6) is 0 Å². The van der Waals surface area contributed by atoms with E-state index in [1.807, 2.05) is 0 Å². The fourth-order valence-corrected chi connectivity index (χ4v) is 2.89. The van der Waals surface area contributed by atoms with Crippen LogP contribution in [0.2, 0.25) is 0 Å². The molecule has 0 aromatic rings. The highest BCUT2D eigenvalue weighted by Crippen LogP contribution is 2.25. The van der Waals surface area contributed by atoms with E-state index in [-0.39, 0.29) is 0 Å². The summed E-state index contributed by atoms with van der Waals surface area (Å²) in [5.41, 5.74) is 0. The molecule has 1 N–H and O–H groups in total. The fourth-order valence-electron chi connectivity index (χ4n) is 2.89. The number of hydrogen-bond donors (Lipinski definition) is 1. The van der Waals surface area contributed by atoms with E-state index in [1.54, 1.807) is 0 Å². The molecule has 1 fully saturated rings. The molecule has 90 valence electrons. The summed E-state index contributed by atoms with van der Waals surface area (Å²) in [4.78, 5) is 2.70. The zero-order valence-corrected chi connectivity index (χ0v) is 10.9. The SMILES string of the molecule is CCC(C)N(CC)C1CCCC(NC)C1. The molecule has 0 saturated heterocycles. The van der Waals surface area contributed by atoms with Crippen LogP contribution in [0.15, 0.2) is 0 Å². The Bertz CT molecular complexity index is 170. The van der Waals surface area contributed by atoms with Gasteiger partial charge in [0.05, 0.1) is 0 Å². The van der Waals surface area contributed by atoms with Crippen LogP contribution in [-0.4, -0.2) is 36.6 Å². The molecule has 0 bridgehead atoms. The zero-order chi connectivity index (χ0) is 11.3. The Morgan fingerprint density at radius 3 is 2.60 bits per heavy atom. The van der Waals surface area contributed by atoms with Gasteiger partial charge in [-0.3, -0.25) is 4.90 Å². The molecule has 1 saturated carbocycles. The molecule has 3 atom stereocenters. The minimum absolute atomic E-state index is 0.746. The molecule has 0 aromatic heterocycles. The van der Waals surface area contributed by atoms with E-state index < -0.39 is 0 Å². The van der Waals surface area contributed by atoms with Gasteiger partial charge in [-0.15, -0.1) is 0 Å². The number of nitrogens with one attached hydrogen (secondary N) is 1. The maximum Gasteiger partial charge on any atom is 0.0113 e. The lowest BCUT2D eigenvalue weighted by molar-refractivity contribution is 0.105. The molecule has 2 heteroatoms. The third-order valence-electron chi connectivity index (χ3n) is 4.05. The Hall–Kier alpha value is -0.0800. The number of hydrogen-bond acceptors (Lipinski definition) is 2. The van der Waals surface area contributed by atoms with E-state index in [1.165, 1.54) is 38.6 Å². The predicted octanol–water partition coefficient (Wildman–Crippen LogP) is 2.64. The highest BCUT2D eigenvalue weighted by Gasteiger charge is 2.27. The van der Waals surface area contributed by atoms with Crippen molar-refractivity contribution in [1.29, 1.82) is 0 Å². The summed E-state index contributed by atoms with van der Waals surface area (Å²) in [7, 11) is 2.10. The quantitative estimate of drug-likeness (QED) is 0.753. The third-order valence-corrected chi connectivity index (χ3v) is 4.05. The molecule has 0 spiro atoms. The van der Waals surface area contributed by atoms with Gasteiger partial charge in [0.2, 0.25) is 0 Å². The Morgan fingerprint density at radius 1 is 1.33 bits per heavy atom. The molecule has 1 rings (SSSR count). The van der Waals surface area contributed by atoms with E-state index in [2.05, 4.69) is 38.0 Å². The van der Waals surface area contributed by atoms with Gasteiger partial charge >= 0.3 is 0 Å². The van der Waals surface area contributed by atoms with Crippen molar-refractivity contribution >= 4 is 0 Å². The monoisotopic (exact) mass is 212 g/mol. The highest BCUT2D eigenvalue weighted by molar-refractivity contribution is 4.84. The minimum Gasteiger partial charge on any atom is -0.317 e. The summed E-state index contributed by atoms with van der Waals surface area (Å²) in [6.45, 7) is 8.17. The smallest absolute Gasteiger partial charge is 0.0113 e. The molecule has 0 aromatic carbocycles. The molecule has 2 nitrogen and oxygen atoms in total. The summed E-state index contributed by atoms with van der Waals surface area (Å²) in [5.74, 6) is 0. The molecule has 0 radical (unpaired) electrons. The molecule has 1 aliphatic rings. The minimum atomic E-state index is 0.746. The standard InChI is InChI=1S/C13H28N2/c1-5-11(3)15(6-2)13-9-7-8-12(10-13)14-4/h11-14H,5-10H2,1-4H3. The first-order valence-electron chi connectivity index (χ1n) is 6.65. The van der Waals surface area contributed by atoms with Gasteiger partial charge in [0.25, 0.3) is 0 Å². The Balaban J connectivity index is 2.51. The van der Waals surface area contributed by atoms with E-state index >= 15 is 0 Å². The van der Waals surface area contributed by atoms with Crippen molar-refractivity contribution in [2.24, 2.45) is 0 Å². The normalized spacial score (nSPS) is 29.4. The largest absolute Gasteiger partial charge is 0.317 e. The first kappa shape index (κ1) is 13.0. The predicted molar refractivity (Wildman–Crippen MR) is 67.2 cm³/mol. The fraction of sp³-hybridized carbons (Fsp3) is 1.00. The molecule has 0 aliphatic heterocycles. The van der Waals surface area contributed by atoms with Gasteiger partial charge < -0.3 is 5.32 Å². The van der Waals surface area contributed by atoms with Crippen LogP contribution in [0.3, 0.4) is 0 Å². The topological polar surface area (TPSA) is 15.3 Å². The van der Waals surface area contributed by atoms with Gasteiger partial charge in [0.15, 0.2) is 0 Å². The lowest BCUT2D eigenvalue weighted by Crippen LogP contribution is -2.47. The van der Waals surface area contributed by atoms with Crippen molar-refractivity contribution in [1.82, 2.24) is 10.2 Å². The molecular weight excluding hydrogens is 184 g/mol. The number of nitrogens with zero attached hydrogens (tertiary/aromatic N) is 1.